The number of anilines is 1. The highest BCUT2D eigenvalue weighted by atomic mass is 16.5. The van der Waals surface area contributed by atoms with Gasteiger partial charge in [0.15, 0.2) is 5.52 Å². The summed E-state index contributed by atoms with van der Waals surface area (Å²) < 4.78 is 12.9. The molecule has 0 aliphatic carbocycles. The number of nitrogens with one attached hydrogen (secondary N) is 1. The lowest BCUT2D eigenvalue weighted by Crippen LogP contribution is -2.30. The first-order chi connectivity index (χ1) is 12.4. The molecule has 3 rings (SSSR count). The highest BCUT2D eigenvalue weighted by molar-refractivity contribution is 5.92. The smallest absolute Gasteiger partial charge is 0.298 e. The Hall–Kier alpha value is -3.43. The quantitative estimate of drug-likeness (QED) is 0.706. The van der Waals surface area contributed by atoms with Gasteiger partial charge in [-0.15, -0.1) is 5.10 Å². The normalized spacial score (nSPS) is 10.8. The van der Waals surface area contributed by atoms with Crippen LogP contribution in [0.25, 0.3) is 11.0 Å². The molecule has 3 aromatic rings. The Morgan fingerprint density at radius 2 is 2.00 bits per heavy atom. The van der Waals surface area contributed by atoms with Crippen LogP contribution in [-0.4, -0.2) is 44.9 Å². The van der Waals surface area contributed by atoms with Crippen molar-refractivity contribution in [2.75, 3.05) is 19.5 Å². The maximum atomic E-state index is 12.5. The molecule has 1 amide bonds. The molecular weight excluding hydrogens is 340 g/mol. The minimum atomic E-state index is -0.480. The predicted molar refractivity (Wildman–Crippen MR) is 93.5 cm³/mol. The molecule has 0 aliphatic heterocycles. The van der Waals surface area contributed by atoms with Gasteiger partial charge >= 0.3 is 0 Å². The molecule has 0 fully saturated rings. The zero-order valence-corrected chi connectivity index (χ0v) is 14.8. The molecule has 1 aromatic carbocycles. The second-order valence-electron chi connectivity index (χ2n) is 5.57. The van der Waals surface area contributed by atoms with Crippen molar-refractivity contribution < 1.29 is 14.3 Å². The van der Waals surface area contributed by atoms with Crippen LogP contribution >= 0.6 is 0 Å². The van der Waals surface area contributed by atoms with E-state index < -0.39 is 11.5 Å². The Kier molecular flexibility index (Phi) is 4.57. The molecule has 10 heteroatoms. The van der Waals surface area contributed by atoms with Crippen LogP contribution in [0.2, 0.25) is 0 Å². The zero-order valence-electron chi connectivity index (χ0n) is 14.8. The Balaban J connectivity index is 1.86. The molecule has 1 N–H and O–H groups in total. The van der Waals surface area contributed by atoms with Crippen molar-refractivity contribution in [1.82, 2.24) is 24.8 Å². The molecule has 0 saturated heterocycles. The lowest BCUT2D eigenvalue weighted by atomic mass is 10.2. The highest BCUT2D eigenvalue weighted by Gasteiger charge is 2.16. The fourth-order valence-electron chi connectivity index (χ4n) is 2.46. The van der Waals surface area contributed by atoms with E-state index >= 15 is 0 Å². The molecule has 0 radical (unpaired) electrons. The molecule has 2 heterocycles. The van der Waals surface area contributed by atoms with E-state index in [4.69, 9.17) is 9.47 Å². The Morgan fingerprint density at radius 1 is 1.23 bits per heavy atom. The van der Waals surface area contributed by atoms with Crippen LogP contribution in [0.15, 0.2) is 23.0 Å². The van der Waals surface area contributed by atoms with Crippen molar-refractivity contribution in [2.45, 2.75) is 13.5 Å². The van der Waals surface area contributed by atoms with Gasteiger partial charge in [-0.2, -0.15) is 9.78 Å². The highest BCUT2D eigenvalue weighted by Crippen LogP contribution is 2.28. The number of aryl methyl sites for hydroxylation is 2. The topological polar surface area (TPSA) is 113 Å². The fourth-order valence-corrected chi connectivity index (χ4v) is 2.46. The van der Waals surface area contributed by atoms with Crippen LogP contribution in [0.1, 0.15) is 5.69 Å². The lowest BCUT2D eigenvalue weighted by Gasteiger charge is -2.11. The third kappa shape index (κ3) is 3.08. The van der Waals surface area contributed by atoms with Gasteiger partial charge in [-0.1, -0.05) is 5.21 Å². The van der Waals surface area contributed by atoms with Crippen molar-refractivity contribution in [1.29, 1.82) is 0 Å². The number of rotatable bonds is 5. The average molecular weight is 358 g/mol. The minimum Gasteiger partial charge on any atom is -0.497 e. The van der Waals surface area contributed by atoms with E-state index in [0.29, 0.717) is 22.7 Å². The van der Waals surface area contributed by atoms with Gasteiger partial charge in [0.1, 0.15) is 23.6 Å². The maximum Gasteiger partial charge on any atom is 0.298 e. The third-order valence-corrected chi connectivity index (χ3v) is 3.97. The van der Waals surface area contributed by atoms with Gasteiger partial charge in [0.25, 0.3) is 5.56 Å². The minimum absolute atomic E-state index is 0.173. The van der Waals surface area contributed by atoms with Gasteiger partial charge in [-0.05, 0) is 19.1 Å². The van der Waals surface area contributed by atoms with Gasteiger partial charge in [0, 0.05) is 13.1 Å². The van der Waals surface area contributed by atoms with Crippen LogP contribution in [-0.2, 0) is 18.4 Å². The maximum absolute atomic E-state index is 12.5. The van der Waals surface area contributed by atoms with Crippen LogP contribution in [0.5, 0.6) is 11.5 Å². The largest absolute Gasteiger partial charge is 0.497 e. The number of methoxy groups -OCH3 is 2. The third-order valence-electron chi connectivity index (χ3n) is 3.97. The first kappa shape index (κ1) is 17.4. The second-order valence-corrected chi connectivity index (χ2v) is 5.57. The molecule has 26 heavy (non-hydrogen) atoms. The van der Waals surface area contributed by atoms with E-state index in [9.17, 15) is 9.59 Å². The first-order valence-electron chi connectivity index (χ1n) is 7.73. The fraction of sp³-hybridized carbons (Fsp3) is 0.312. The molecule has 0 aliphatic rings. The zero-order chi connectivity index (χ0) is 18.8. The van der Waals surface area contributed by atoms with Gasteiger partial charge in [0.05, 0.1) is 25.6 Å². The molecule has 10 nitrogen and oxygen atoms in total. The first-order valence-corrected chi connectivity index (χ1v) is 7.73. The Bertz CT molecular complexity index is 1040. The number of hydrogen-bond acceptors (Lipinski definition) is 7. The second kappa shape index (κ2) is 6.82. The number of amides is 1. The van der Waals surface area contributed by atoms with Crippen LogP contribution in [0.3, 0.4) is 0 Å². The summed E-state index contributed by atoms with van der Waals surface area (Å²) in [7, 11) is 4.72. The molecule has 0 atom stereocenters. The molecule has 2 aromatic heterocycles. The number of aromatic nitrogens is 5. The van der Waals surface area contributed by atoms with Gasteiger partial charge < -0.3 is 14.8 Å². The Morgan fingerprint density at radius 3 is 2.69 bits per heavy atom. The summed E-state index contributed by atoms with van der Waals surface area (Å²) >= 11 is 0. The molecule has 136 valence electrons. The molecule has 0 unspecified atom stereocenters. The van der Waals surface area contributed by atoms with E-state index in [2.05, 4.69) is 20.7 Å². The molecule has 0 bridgehead atoms. The van der Waals surface area contributed by atoms with Gasteiger partial charge in [0.2, 0.25) is 5.91 Å². The molecule has 0 spiro atoms. The number of fused-ring (bicyclic) bond motifs is 1. The summed E-state index contributed by atoms with van der Waals surface area (Å²) in [5.41, 5.74) is 1.26. The molecule has 0 saturated carbocycles. The predicted octanol–water partition coefficient (Wildman–Crippen LogP) is 0.489. The summed E-state index contributed by atoms with van der Waals surface area (Å²) in [6.45, 7) is 1.48. The lowest BCUT2D eigenvalue weighted by molar-refractivity contribution is -0.117. The van der Waals surface area contributed by atoms with Crippen molar-refractivity contribution in [3.05, 3.63) is 34.2 Å². The SMILES string of the molecule is COc1ccc(OC)c(NC(=O)Cn2nnc3c(C)n(C)nc3c2=O)c1. The van der Waals surface area contributed by atoms with Crippen molar-refractivity contribution in [2.24, 2.45) is 7.05 Å². The average Bonchev–Trinajstić information content (AvgIpc) is 2.92. The van der Waals surface area contributed by atoms with E-state index in [-0.39, 0.29) is 12.1 Å². The van der Waals surface area contributed by atoms with E-state index in [1.165, 1.54) is 14.2 Å². The monoisotopic (exact) mass is 358 g/mol. The summed E-state index contributed by atoms with van der Waals surface area (Å²) in [4.78, 5) is 24.8. The van der Waals surface area contributed by atoms with Crippen LogP contribution in [0.4, 0.5) is 5.69 Å². The summed E-state index contributed by atoms with van der Waals surface area (Å²) in [5, 5.41) is 14.6. The van der Waals surface area contributed by atoms with E-state index in [0.717, 1.165) is 10.4 Å². The van der Waals surface area contributed by atoms with E-state index in [1.807, 2.05) is 0 Å². The standard InChI is InChI=1S/C16H18N6O4/c1-9-14-15(19-21(9)2)16(24)22(20-18-14)8-13(23)17-11-7-10(25-3)5-6-12(11)26-4/h5-7H,8H2,1-4H3,(H,17,23). The summed E-state index contributed by atoms with van der Waals surface area (Å²) in [5.74, 6) is 0.566. The van der Waals surface area contributed by atoms with E-state index in [1.54, 1.807) is 36.9 Å². The number of benzene rings is 1. The Labute approximate surface area is 148 Å². The number of carbonyl (C=O) groups is 1. The summed E-state index contributed by atoms with van der Waals surface area (Å²) in [6.07, 6.45) is 0. The summed E-state index contributed by atoms with van der Waals surface area (Å²) in [6, 6.07) is 5.00. The number of nitrogens with zero attached hydrogens (tertiary/aromatic N) is 5. The van der Waals surface area contributed by atoms with Crippen molar-refractivity contribution in [3.8, 4) is 11.5 Å². The van der Waals surface area contributed by atoms with Crippen molar-refractivity contribution in [3.63, 3.8) is 0 Å². The number of ether oxygens (including phenoxy) is 2. The number of carbonyl (C=O) groups excluding carboxylic acids is 1. The van der Waals surface area contributed by atoms with Gasteiger partial charge in [-0.3, -0.25) is 14.3 Å². The van der Waals surface area contributed by atoms with Gasteiger partial charge in [-0.25, -0.2) is 0 Å². The number of hydrogen-bond donors (Lipinski definition) is 1. The molecular formula is C16H18N6O4. The van der Waals surface area contributed by atoms with Crippen molar-refractivity contribution >= 4 is 22.6 Å². The van der Waals surface area contributed by atoms with Crippen LogP contribution < -0.4 is 20.3 Å². The van der Waals surface area contributed by atoms with Crippen LogP contribution in [0, 0.1) is 6.92 Å².